The van der Waals surface area contributed by atoms with Crippen LogP contribution in [0, 0.1) is 0 Å². The third kappa shape index (κ3) is 3.11. The van der Waals surface area contributed by atoms with Crippen molar-refractivity contribution >= 4 is 5.78 Å². The van der Waals surface area contributed by atoms with Gasteiger partial charge in [-0.1, -0.05) is 13.3 Å². The highest BCUT2D eigenvalue weighted by atomic mass is 16.8. The van der Waals surface area contributed by atoms with E-state index in [9.17, 15) is 4.79 Å². The summed E-state index contributed by atoms with van der Waals surface area (Å²) in [5, 5.41) is 0. The van der Waals surface area contributed by atoms with E-state index < -0.39 is 5.79 Å². The van der Waals surface area contributed by atoms with Gasteiger partial charge in [-0.05, 0) is 27.2 Å². The normalized spacial score (nSPS) is 38.4. The van der Waals surface area contributed by atoms with E-state index in [0.717, 1.165) is 19.3 Å². The van der Waals surface area contributed by atoms with Crippen LogP contribution < -0.4 is 0 Å². The first-order chi connectivity index (χ1) is 8.41. The Kier molecular flexibility index (Phi) is 4.09. The number of hydrogen-bond acceptors (Lipinski definition) is 4. The van der Waals surface area contributed by atoms with E-state index in [1.54, 1.807) is 6.92 Å². The molecule has 0 aromatic carbocycles. The van der Waals surface area contributed by atoms with Crippen molar-refractivity contribution in [2.45, 2.75) is 83.6 Å². The predicted octanol–water partition coefficient (Wildman–Crippen LogP) is 2.44. The van der Waals surface area contributed by atoms with Gasteiger partial charge in [-0.15, -0.1) is 0 Å². The lowest BCUT2D eigenvalue weighted by Gasteiger charge is -2.36. The highest BCUT2D eigenvalue weighted by Crippen LogP contribution is 2.38. The number of rotatable bonds is 4. The molecule has 4 atom stereocenters. The van der Waals surface area contributed by atoms with Crippen LogP contribution in [0.15, 0.2) is 0 Å². The van der Waals surface area contributed by atoms with Gasteiger partial charge in [0.15, 0.2) is 5.79 Å². The molecule has 2 heterocycles. The molecule has 104 valence electrons. The van der Waals surface area contributed by atoms with Crippen LogP contribution in [-0.2, 0) is 19.0 Å². The Morgan fingerprint density at radius 3 is 2.67 bits per heavy atom. The fraction of sp³-hybridized carbons (Fsp3) is 0.929. The fourth-order valence-electron chi connectivity index (χ4n) is 2.96. The van der Waals surface area contributed by atoms with Gasteiger partial charge in [-0.3, -0.25) is 4.79 Å². The lowest BCUT2D eigenvalue weighted by Crippen LogP contribution is -2.47. The molecule has 2 aliphatic heterocycles. The van der Waals surface area contributed by atoms with Gasteiger partial charge in [0.05, 0.1) is 18.3 Å². The second-order valence-electron chi connectivity index (χ2n) is 5.87. The Morgan fingerprint density at radius 2 is 2.06 bits per heavy atom. The van der Waals surface area contributed by atoms with Crippen LogP contribution >= 0.6 is 0 Å². The van der Waals surface area contributed by atoms with Crippen molar-refractivity contribution in [3.63, 3.8) is 0 Å². The van der Waals surface area contributed by atoms with E-state index in [-0.39, 0.29) is 30.2 Å². The summed E-state index contributed by atoms with van der Waals surface area (Å²) in [5.74, 6) is -0.418. The minimum atomic E-state index is -0.561. The molecule has 0 unspecified atom stereocenters. The number of fused-ring (bicyclic) bond motifs is 1. The zero-order valence-corrected chi connectivity index (χ0v) is 11.8. The Balaban J connectivity index is 2.08. The number of carbonyl (C=O) groups is 1. The third-order valence-electron chi connectivity index (χ3n) is 3.55. The van der Waals surface area contributed by atoms with Gasteiger partial charge in [0.1, 0.15) is 11.9 Å². The maximum Gasteiger partial charge on any atom is 0.163 e. The standard InChI is InChI=1S/C14H24O4/c1-5-6-10-8-12-13(18-14(3,4)17-12)11(16-10)7-9(2)15/h10-13H,5-8H2,1-4H3/t10-,11+,12+,13+/m0/s1. The molecule has 0 aromatic rings. The van der Waals surface area contributed by atoms with Gasteiger partial charge >= 0.3 is 0 Å². The molecule has 2 saturated heterocycles. The average Bonchev–Trinajstić information content (AvgIpc) is 2.52. The Bertz CT molecular complexity index is 313. The van der Waals surface area contributed by atoms with Gasteiger partial charge in [-0.2, -0.15) is 0 Å². The molecule has 18 heavy (non-hydrogen) atoms. The van der Waals surface area contributed by atoms with Crippen LogP contribution in [0.5, 0.6) is 0 Å². The number of carbonyl (C=O) groups excluding carboxylic acids is 1. The number of ether oxygens (including phenoxy) is 3. The first-order valence-electron chi connectivity index (χ1n) is 6.92. The van der Waals surface area contributed by atoms with E-state index in [4.69, 9.17) is 14.2 Å². The van der Waals surface area contributed by atoms with E-state index in [2.05, 4.69) is 6.92 Å². The third-order valence-corrected chi connectivity index (χ3v) is 3.55. The molecule has 4 heteroatoms. The number of ketones is 1. The summed E-state index contributed by atoms with van der Waals surface area (Å²) in [6.45, 7) is 7.59. The molecule has 0 saturated carbocycles. The van der Waals surface area contributed by atoms with Gasteiger partial charge < -0.3 is 14.2 Å². The molecule has 4 nitrogen and oxygen atoms in total. The highest BCUT2D eigenvalue weighted by Gasteiger charge is 2.49. The Morgan fingerprint density at radius 1 is 1.33 bits per heavy atom. The molecule has 0 N–H and O–H groups in total. The quantitative estimate of drug-likeness (QED) is 0.775. The Hall–Kier alpha value is -0.450. The lowest BCUT2D eigenvalue weighted by atomic mass is 9.93. The largest absolute Gasteiger partial charge is 0.372 e. The molecule has 0 aromatic heterocycles. The second-order valence-corrected chi connectivity index (χ2v) is 5.87. The zero-order valence-electron chi connectivity index (χ0n) is 11.8. The smallest absolute Gasteiger partial charge is 0.163 e. The zero-order chi connectivity index (χ0) is 13.3. The van der Waals surface area contributed by atoms with E-state index in [1.165, 1.54) is 0 Å². The second kappa shape index (κ2) is 5.27. The summed E-state index contributed by atoms with van der Waals surface area (Å²) in [7, 11) is 0. The molecule has 0 radical (unpaired) electrons. The minimum absolute atomic E-state index is 0.0645. The Labute approximate surface area is 109 Å². The van der Waals surface area contributed by atoms with Crippen LogP contribution in [0.3, 0.4) is 0 Å². The van der Waals surface area contributed by atoms with Crippen molar-refractivity contribution < 1.29 is 19.0 Å². The summed E-state index contributed by atoms with van der Waals surface area (Å²) < 4.78 is 17.8. The average molecular weight is 256 g/mol. The van der Waals surface area contributed by atoms with E-state index in [1.807, 2.05) is 13.8 Å². The molecule has 0 amide bonds. The molecule has 0 bridgehead atoms. The molecule has 2 rings (SSSR count). The van der Waals surface area contributed by atoms with Crippen molar-refractivity contribution in [2.24, 2.45) is 0 Å². The summed E-state index contributed by atoms with van der Waals surface area (Å²) >= 11 is 0. The fourth-order valence-corrected chi connectivity index (χ4v) is 2.96. The molecule has 0 aliphatic carbocycles. The van der Waals surface area contributed by atoms with Crippen molar-refractivity contribution in [3.8, 4) is 0 Å². The van der Waals surface area contributed by atoms with Crippen molar-refractivity contribution in [3.05, 3.63) is 0 Å². The van der Waals surface area contributed by atoms with Crippen LogP contribution in [0.4, 0.5) is 0 Å². The van der Waals surface area contributed by atoms with E-state index >= 15 is 0 Å². The van der Waals surface area contributed by atoms with Gasteiger partial charge in [0.2, 0.25) is 0 Å². The summed E-state index contributed by atoms with van der Waals surface area (Å²) in [6.07, 6.45) is 3.39. The molecular weight excluding hydrogens is 232 g/mol. The summed E-state index contributed by atoms with van der Waals surface area (Å²) in [5.41, 5.74) is 0. The van der Waals surface area contributed by atoms with Crippen LogP contribution in [0.25, 0.3) is 0 Å². The monoisotopic (exact) mass is 256 g/mol. The van der Waals surface area contributed by atoms with Crippen molar-refractivity contribution in [2.75, 3.05) is 0 Å². The van der Waals surface area contributed by atoms with Crippen LogP contribution in [0.1, 0.15) is 53.4 Å². The van der Waals surface area contributed by atoms with Crippen molar-refractivity contribution in [1.82, 2.24) is 0 Å². The van der Waals surface area contributed by atoms with Crippen LogP contribution in [0.2, 0.25) is 0 Å². The number of Topliss-reactive ketones (excluding diaryl/α,β-unsaturated/α-hetero) is 1. The molecule has 0 spiro atoms. The van der Waals surface area contributed by atoms with Gasteiger partial charge in [0, 0.05) is 12.8 Å². The maximum absolute atomic E-state index is 11.4. The molecular formula is C14H24O4. The SMILES string of the molecule is CCC[C@H]1C[C@H]2OC(C)(C)O[C@@H]2[C@@H](CC(C)=O)O1. The highest BCUT2D eigenvalue weighted by molar-refractivity contribution is 5.76. The molecule has 2 aliphatic rings. The predicted molar refractivity (Wildman–Crippen MR) is 67.3 cm³/mol. The molecule has 2 fully saturated rings. The van der Waals surface area contributed by atoms with E-state index in [0.29, 0.717) is 6.42 Å². The van der Waals surface area contributed by atoms with Crippen molar-refractivity contribution in [1.29, 1.82) is 0 Å². The minimum Gasteiger partial charge on any atom is -0.372 e. The lowest BCUT2D eigenvalue weighted by molar-refractivity contribution is -0.162. The maximum atomic E-state index is 11.4. The van der Waals surface area contributed by atoms with Gasteiger partial charge in [-0.25, -0.2) is 0 Å². The first kappa shape index (κ1) is 14.0. The van der Waals surface area contributed by atoms with Crippen LogP contribution in [-0.4, -0.2) is 36.0 Å². The number of hydrogen-bond donors (Lipinski definition) is 0. The summed E-state index contributed by atoms with van der Waals surface area (Å²) in [6, 6.07) is 0. The summed E-state index contributed by atoms with van der Waals surface area (Å²) in [4.78, 5) is 11.4. The topological polar surface area (TPSA) is 44.8 Å². The first-order valence-corrected chi connectivity index (χ1v) is 6.92. The van der Waals surface area contributed by atoms with Gasteiger partial charge in [0.25, 0.3) is 0 Å².